The standard InChI is InChI=1S/C12H9Br/c1-9(13)11-8-4-6-10-5-2-3-7-12(10)11/h2-8H,1H2. The lowest BCUT2D eigenvalue weighted by molar-refractivity contribution is 1.71. The Morgan fingerprint density at radius 1 is 1.00 bits per heavy atom. The van der Waals surface area contributed by atoms with Crippen LogP contribution in [0.3, 0.4) is 0 Å². The van der Waals surface area contributed by atoms with Crippen LogP contribution in [0.5, 0.6) is 0 Å². The Morgan fingerprint density at radius 3 is 2.46 bits per heavy atom. The van der Waals surface area contributed by atoms with Gasteiger partial charge in [0.15, 0.2) is 0 Å². The highest BCUT2D eigenvalue weighted by Gasteiger charge is 1.99. The molecule has 0 aliphatic rings. The third-order valence-corrected chi connectivity index (χ3v) is 2.51. The molecular weight excluding hydrogens is 224 g/mol. The van der Waals surface area contributed by atoms with Crippen LogP contribution in [0.15, 0.2) is 49.0 Å². The zero-order chi connectivity index (χ0) is 9.26. The minimum atomic E-state index is 0.935. The fraction of sp³-hybridized carbons (Fsp3) is 0. The molecule has 0 saturated carbocycles. The molecule has 64 valence electrons. The molecule has 0 aliphatic carbocycles. The van der Waals surface area contributed by atoms with Gasteiger partial charge in [0.1, 0.15) is 0 Å². The van der Waals surface area contributed by atoms with E-state index in [0.717, 1.165) is 10.0 Å². The second-order valence-corrected chi connectivity index (χ2v) is 3.89. The Morgan fingerprint density at radius 2 is 1.69 bits per heavy atom. The zero-order valence-corrected chi connectivity index (χ0v) is 8.71. The molecule has 0 bridgehead atoms. The van der Waals surface area contributed by atoms with Crippen molar-refractivity contribution in [3.8, 4) is 0 Å². The maximum absolute atomic E-state index is 3.89. The third kappa shape index (κ3) is 1.52. The molecule has 2 aromatic rings. The molecule has 0 atom stereocenters. The summed E-state index contributed by atoms with van der Waals surface area (Å²) in [7, 11) is 0. The molecule has 13 heavy (non-hydrogen) atoms. The number of fused-ring (bicyclic) bond motifs is 1. The summed E-state index contributed by atoms with van der Waals surface area (Å²) in [5.41, 5.74) is 1.16. The topological polar surface area (TPSA) is 0 Å². The van der Waals surface area contributed by atoms with E-state index in [1.807, 2.05) is 18.2 Å². The summed E-state index contributed by atoms with van der Waals surface area (Å²) >= 11 is 3.41. The highest BCUT2D eigenvalue weighted by atomic mass is 79.9. The molecule has 0 N–H and O–H groups in total. The minimum Gasteiger partial charge on any atom is -0.0841 e. The summed E-state index contributed by atoms with van der Waals surface area (Å²) in [4.78, 5) is 0. The van der Waals surface area contributed by atoms with Gasteiger partial charge in [0.25, 0.3) is 0 Å². The molecule has 0 saturated heterocycles. The first-order chi connectivity index (χ1) is 6.29. The van der Waals surface area contributed by atoms with Crippen LogP contribution in [-0.4, -0.2) is 0 Å². The highest BCUT2D eigenvalue weighted by molar-refractivity contribution is 9.15. The van der Waals surface area contributed by atoms with Crippen LogP contribution < -0.4 is 0 Å². The van der Waals surface area contributed by atoms with Crippen LogP contribution in [0.4, 0.5) is 0 Å². The molecular formula is C12H9Br. The second kappa shape index (κ2) is 3.35. The molecule has 1 heteroatoms. The summed E-state index contributed by atoms with van der Waals surface area (Å²) < 4.78 is 0.935. The average Bonchev–Trinajstić information content (AvgIpc) is 2.17. The number of benzene rings is 2. The Hall–Kier alpha value is -1.08. The van der Waals surface area contributed by atoms with Crippen molar-refractivity contribution in [3.05, 3.63) is 54.6 Å². The van der Waals surface area contributed by atoms with Crippen LogP contribution in [0.2, 0.25) is 0 Å². The molecule has 0 aliphatic heterocycles. The number of halogens is 1. The lowest BCUT2D eigenvalue weighted by Gasteiger charge is -2.03. The molecule has 2 aromatic carbocycles. The molecule has 0 heterocycles. The molecule has 0 aromatic heterocycles. The van der Waals surface area contributed by atoms with E-state index in [1.165, 1.54) is 10.8 Å². The SMILES string of the molecule is C=C(Br)c1cccc2ccccc12. The van der Waals surface area contributed by atoms with Gasteiger partial charge >= 0.3 is 0 Å². The predicted molar refractivity (Wildman–Crippen MR) is 61.9 cm³/mol. The largest absolute Gasteiger partial charge is 0.0841 e. The van der Waals surface area contributed by atoms with Gasteiger partial charge in [0.2, 0.25) is 0 Å². The van der Waals surface area contributed by atoms with Gasteiger partial charge < -0.3 is 0 Å². The zero-order valence-electron chi connectivity index (χ0n) is 7.13. The Labute approximate surface area is 86.0 Å². The van der Waals surface area contributed by atoms with Crippen LogP contribution in [0, 0.1) is 0 Å². The Kier molecular flexibility index (Phi) is 2.19. The van der Waals surface area contributed by atoms with Crippen molar-refractivity contribution >= 4 is 31.2 Å². The highest BCUT2D eigenvalue weighted by Crippen LogP contribution is 2.27. The summed E-state index contributed by atoms with van der Waals surface area (Å²) in [6.45, 7) is 3.89. The molecule has 0 amide bonds. The van der Waals surface area contributed by atoms with Gasteiger partial charge in [-0.1, -0.05) is 65.0 Å². The Balaban J connectivity index is 2.83. The van der Waals surface area contributed by atoms with Gasteiger partial charge in [-0.2, -0.15) is 0 Å². The lowest BCUT2D eigenvalue weighted by Crippen LogP contribution is -1.78. The predicted octanol–water partition coefficient (Wildman–Crippen LogP) is 4.21. The van der Waals surface area contributed by atoms with Gasteiger partial charge in [-0.3, -0.25) is 0 Å². The van der Waals surface area contributed by atoms with E-state index in [4.69, 9.17) is 0 Å². The first-order valence-electron chi connectivity index (χ1n) is 4.11. The van der Waals surface area contributed by atoms with Crippen molar-refractivity contribution in [1.29, 1.82) is 0 Å². The number of hydrogen-bond donors (Lipinski definition) is 0. The van der Waals surface area contributed by atoms with Gasteiger partial charge in [-0.05, 0) is 16.3 Å². The van der Waals surface area contributed by atoms with E-state index in [9.17, 15) is 0 Å². The molecule has 0 spiro atoms. The summed E-state index contributed by atoms with van der Waals surface area (Å²) in [5.74, 6) is 0. The number of hydrogen-bond acceptors (Lipinski definition) is 0. The average molecular weight is 233 g/mol. The van der Waals surface area contributed by atoms with Crippen molar-refractivity contribution in [2.24, 2.45) is 0 Å². The fourth-order valence-electron chi connectivity index (χ4n) is 1.46. The second-order valence-electron chi connectivity index (χ2n) is 2.93. The van der Waals surface area contributed by atoms with Gasteiger partial charge in [0.05, 0.1) is 0 Å². The van der Waals surface area contributed by atoms with E-state index in [0.29, 0.717) is 0 Å². The van der Waals surface area contributed by atoms with Crippen LogP contribution in [0.25, 0.3) is 15.3 Å². The van der Waals surface area contributed by atoms with E-state index in [2.05, 4.69) is 46.8 Å². The van der Waals surface area contributed by atoms with Gasteiger partial charge in [-0.25, -0.2) is 0 Å². The monoisotopic (exact) mass is 232 g/mol. The molecule has 0 radical (unpaired) electrons. The van der Waals surface area contributed by atoms with Gasteiger partial charge in [0, 0.05) is 4.48 Å². The third-order valence-electron chi connectivity index (χ3n) is 2.08. The van der Waals surface area contributed by atoms with E-state index >= 15 is 0 Å². The minimum absolute atomic E-state index is 0.935. The van der Waals surface area contributed by atoms with Crippen LogP contribution in [0.1, 0.15) is 5.56 Å². The van der Waals surface area contributed by atoms with Crippen LogP contribution >= 0.6 is 15.9 Å². The van der Waals surface area contributed by atoms with E-state index in [1.54, 1.807) is 0 Å². The molecule has 2 rings (SSSR count). The molecule has 0 nitrogen and oxygen atoms in total. The lowest BCUT2D eigenvalue weighted by atomic mass is 10.1. The maximum Gasteiger partial charge on any atom is 0.0182 e. The normalized spacial score (nSPS) is 10.2. The maximum atomic E-state index is 3.89. The quantitative estimate of drug-likeness (QED) is 0.692. The fourth-order valence-corrected chi connectivity index (χ4v) is 1.81. The molecule has 0 unspecified atom stereocenters. The Bertz CT molecular complexity index is 452. The first-order valence-corrected chi connectivity index (χ1v) is 4.91. The van der Waals surface area contributed by atoms with Crippen molar-refractivity contribution in [3.63, 3.8) is 0 Å². The van der Waals surface area contributed by atoms with Crippen molar-refractivity contribution in [2.75, 3.05) is 0 Å². The van der Waals surface area contributed by atoms with Crippen LogP contribution in [-0.2, 0) is 0 Å². The summed E-state index contributed by atoms with van der Waals surface area (Å²) in [6, 6.07) is 14.5. The van der Waals surface area contributed by atoms with E-state index in [-0.39, 0.29) is 0 Å². The van der Waals surface area contributed by atoms with Crippen molar-refractivity contribution in [1.82, 2.24) is 0 Å². The van der Waals surface area contributed by atoms with Crippen molar-refractivity contribution < 1.29 is 0 Å². The smallest absolute Gasteiger partial charge is 0.0182 e. The first kappa shape index (κ1) is 8.52. The summed E-state index contributed by atoms with van der Waals surface area (Å²) in [6.07, 6.45) is 0. The number of rotatable bonds is 1. The summed E-state index contributed by atoms with van der Waals surface area (Å²) in [5, 5.41) is 2.49. The van der Waals surface area contributed by atoms with Gasteiger partial charge in [-0.15, -0.1) is 0 Å². The van der Waals surface area contributed by atoms with E-state index < -0.39 is 0 Å². The van der Waals surface area contributed by atoms with Crippen molar-refractivity contribution in [2.45, 2.75) is 0 Å². The molecule has 0 fully saturated rings.